The molecule has 0 aliphatic heterocycles. The summed E-state index contributed by atoms with van der Waals surface area (Å²) in [5.41, 5.74) is 0. The SMILES string of the molecule is CCCCN(N)CCCC.O=C([O-])C(=O)[O-]. The van der Waals surface area contributed by atoms with Gasteiger partial charge >= 0.3 is 0 Å². The van der Waals surface area contributed by atoms with Crippen LogP contribution in [0.1, 0.15) is 39.5 Å². The maximum Gasteiger partial charge on any atom is 0.0870 e. The standard InChI is InChI=1S/C8H20N2.C2H2O4/c1-3-5-7-10(9)8-6-4-2;3-1(4)2(5)6/h3-9H2,1-2H3;(H,3,4)(H,5,6)/p-2. The fraction of sp³-hybridized carbons (Fsp3) is 0.800. The molecule has 0 aliphatic carbocycles. The lowest BCUT2D eigenvalue weighted by molar-refractivity contribution is -0.345. The summed E-state index contributed by atoms with van der Waals surface area (Å²) >= 11 is 0. The quantitative estimate of drug-likeness (QED) is 0.330. The van der Waals surface area contributed by atoms with E-state index >= 15 is 0 Å². The Bertz CT molecular complexity index is 177. The lowest BCUT2D eigenvalue weighted by Crippen LogP contribution is -2.42. The zero-order chi connectivity index (χ0) is 13.0. The zero-order valence-electron chi connectivity index (χ0n) is 9.90. The van der Waals surface area contributed by atoms with Gasteiger partial charge in [-0.1, -0.05) is 26.7 Å². The Morgan fingerprint density at radius 2 is 1.31 bits per heavy atom. The molecular weight excluding hydrogens is 212 g/mol. The maximum absolute atomic E-state index is 8.93. The van der Waals surface area contributed by atoms with Gasteiger partial charge in [0.25, 0.3) is 0 Å². The molecule has 16 heavy (non-hydrogen) atoms. The lowest BCUT2D eigenvalue weighted by Gasteiger charge is -2.14. The summed E-state index contributed by atoms with van der Waals surface area (Å²) in [6.45, 7) is 6.48. The number of aliphatic carboxylic acids is 2. The van der Waals surface area contributed by atoms with Crippen molar-refractivity contribution in [2.45, 2.75) is 39.5 Å². The first kappa shape index (κ1) is 17.3. The molecule has 0 atom stereocenters. The number of hydrogen-bond acceptors (Lipinski definition) is 6. The number of hydrogen-bond donors (Lipinski definition) is 1. The fourth-order valence-corrected chi connectivity index (χ4v) is 0.834. The van der Waals surface area contributed by atoms with Crippen LogP contribution in [0.3, 0.4) is 0 Å². The van der Waals surface area contributed by atoms with Crippen LogP contribution in [0.2, 0.25) is 0 Å². The molecule has 0 aliphatic rings. The van der Waals surface area contributed by atoms with Crippen molar-refractivity contribution in [3.63, 3.8) is 0 Å². The smallest absolute Gasteiger partial charge is 0.0870 e. The number of hydrazine groups is 1. The van der Waals surface area contributed by atoms with Crippen LogP contribution >= 0.6 is 0 Å². The van der Waals surface area contributed by atoms with Gasteiger partial charge in [-0.05, 0) is 12.8 Å². The second-order valence-corrected chi connectivity index (χ2v) is 3.32. The number of nitrogens with zero attached hydrogens (tertiary/aromatic N) is 1. The van der Waals surface area contributed by atoms with Gasteiger partial charge in [0.05, 0.1) is 11.9 Å². The molecule has 0 aromatic heterocycles. The number of carboxylic acids is 2. The van der Waals surface area contributed by atoms with Crippen LogP contribution in [0.5, 0.6) is 0 Å². The highest BCUT2D eigenvalue weighted by molar-refractivity contribution is 6.25. The lowest BCUT2D eigenvalue weighted by atomic mass is 10.3. The summed E-state index contributed by atoms with van der Waals surface area (Å²) in [6, 6.07) is 0. The first-order chi connectivity index (χ1) is 7.45. The third-order valence-corrected chi connectivity index (χ3v) is 1.76. The summed E-state index contributed by atoms with van der Waals surface area (Å²) < 4.78 is 0. The Balaban J connectivity index is 0. The molecule has 0 rings (SSSR count). The maximum atomic E-state index is 8.93. The monoisotopic (exact) mass is 232 g/mol. The van der Waals surface area contributed by atoms with E-state index in [1.165, 1.54) is 25.7 Å². The minimum Gasteiger partial charge on any atom is -0.543 e. The van der Waals surface area contributed by atoms with Gasteiger partial charge in [0.2, 0.25) is 0 Å². The van der Waals surface area contributed by atoms with Crippen LogP contribution in [0.4, 0.5) is 0 Å². The molecule has 0 aromatic carbocycles. The highest BCUT2D eigenvalue weighted by Crippen LogP contribution is 1.92. The Morgan fingerprint density at radius 3 is 1.50 bits per heavy atom. The number of carboxylic acid groups (broad SMARTS) is 2. The third-order valence-electron chi connectivity index (χ3n) is 1.76. The molecule has 0 amide bonds. The summed E-state index contributed by atoms with van der Waals surface area (Å²) in [6.07, 6.45) is 4.92. The second-order valence-electron chi connectivity index (χ2n) is 3.32. The van der Waals surface area contributed by atoms with Crippen molar-refractivity contribution in [1.29, 1.82) is 0 Å². The largest absolute Gasteiger partial charge is 0.543 e. The molecule has 0 heterocycles. The van der Waals surface area contributed by atoms with E-state index in [1.807, 2.05) is 5.01 Å². The van der Waals surface area contributed by atoms with Crippen LogP contribution in [-0.2, 0) is 9.59 Å². The van der Waals surface area contributed by atoms with Crippen molar-refractivity contribution in [2.75, 3.05) is 13.1 Å². The minimum atomic E-state index is -2.19. The molecule has 0 unspecified atom stereocenters. The average molecular weight is 232 g/mol. The zero-order valence-corrected chi connectivity index (χ0v) is 9.90. The second kappa shape index (κ2) is 11.9. The van der Waals surface area contributed by atoms with Gasteiger partial charge in [0.1, 0.15) is 0 Å². The van der Waals surface area contributed by atoms with Gasteiger partial charge in [-0.25, -0.2) is 5.01 Å². The van der Waals surface area contributed by atoms with Gasteiger partial charge in [-0.2, -0.15) is 0 Å². The van der Waals surface area contributed by atoms with Gasteiger partial charge in [0.15, 0.2) is 0 Å². The van der Waals surface area contributed by atoms with Crippen LogP contribution in [0.25, 0.3) is 0 Å². The van der Waals surface area contributed by atoms with Crippen LogP contribution < -0.4 is 16.1 Å². The van der Waals surface area contributed by atoms with Gasteiger partial charge in [0, 0.05) is 13.1 Å². The average Bonchev–Trinajstić information content (AvgIpc) is 2.24. The molecule has 0 saturated carbocycles. The Labute approximate surface area is 96.0 Å². The summed E-state index contributed by atoms with van der Waals surface area (Å²) in [5, 5.41) is 19.8. The highest BCUT2D eigenvalue weighted by atomic mass is 16.4. The van der Waals surface area contributed by atoms with E-state index in [2.05, 4.69) is 13.8 Å². The predicted molar refractivity (Wildman–Crippen MR) is 55.6 cm³/mol. The van der Waals surface area contributed by atoms with Crippen molar-refractivity contribution in [2.24, 2.45) is 5.84 Å². The molecule has 6 heteroatoms. The molecule has 0 bridgehead atoms. The van der Waals surface area contributed by atoms with Crippen molar-refractivity contribution >= 4 is 11.9 Å². The summed E-state index contributed by atoms with van der Waals surface area (Å²) in [4.78, 5) is 17.9. The molecule has 0 saturated heterocycles. The molecule has 6 nitrogen and oxygen atoms in total. The Hall–Kier alpha value is -1.14. The highest BCUT2D eigenvalue weighted by Gasteiger charge is 1.94. The fourth-order valence-electron chi connectivity index (χ4n) is 0.834. The number of carbonyl (C=O) groups is 2. The Kier molecular flexibility index (Phi) is 12.9. The van der Waals surface area contributed by atoms with Crippen molar-refractivity contribution in [1.82, 2.24) is 5.01 Å². The summed E-state index contributed by atoms with van der Waals surface area (Å²) in [5.74, 6) is 1.31. The van der Waals surface area contributed by atoms with Gasteiger partial charge < -0.3 is 19.8 Å². The number of unbranched alkanes of at least 4 members (excludes halogenated alkanes) is 2. The molecule has 2 N–H and O–H groups in total. The normalized spacial score (nSPS) is 9.50. The predicted octanol–water partition coefficient (Wildman–Crippen LogP) is -1.75. The van der Waals surface area contributed by atoms with Crippen molar-refractivity contribution in [3.8, 4) is 0 Å². The van der Waals surface area contributed by atoms with E-state index in [-0.39, 0.29) is 0 Å². The molecule has 0 aromatic rings. The van der Waals surface area contributed by atoms with Gasteiger partial charge in [-0.15, -0.1) is 0 Å². The molecule has 0 spiro atoms. The molecule has 96 valence electrons. The first-order valence-corrected chi connectivity index (χ1v) is 5.37. The van der Waals surface area contributed by atoms with Crippen LogP contribution in [-0.4, -0.2) is 30.0 Å². The summed E-state index contributed by atoms with van der Waals surface area (Å²) in [7, 11) is 0. The third kappa shape index (κ3) is 15.3. The van der Waals surface area contributed by atoms with Crippen molar-refractivity contribution in [3.05, 3.63) is 0 Å². The van der Waals surface area contributed by atoms with E-state index in [9.17, 15) is 0 Å². The van der Waals surface area contributed by atoms with Crippen LogP contribution in [0.15, 0.2) is 0 Å². The Morgan fingerprint density at radius 1 is 1.00 bits per heavy atom. The molecule has 0 radical (unpaired) electrons. The van der Waals surface area contributed by atoms with E-state index in [0.29, 0.717) is 0 Å². The van der Waals surface area contributed by atoms with E-state index in [0.717, 1.165) is 13.1 Å². The molecule has 0 fully saturated rings. The van der Waals surface area contributed by atoms with Crippen LogP contribution in [0, 0.1) is 0 Å². The topological polar surface area (TPSA) is 110 Å². The minimum absolute atomic E-state index is 1.05. The number of rotatable bonds is 6. The van der Waals surface area contributed by atoms with E-state index in [1.54, 1.807) is 0 Å². The van der Waals surface area contributed by atoms with E-state index in [4.69, 9.17) is 25.6 Å². The number of nitrogens with two attached hydrogens (primary N) is 1. The van der Waals surface area contributed by atoms with E-state index < -0.39 is 11.9 Å². The number of carbonyl (C=O) groups excluding carboxylic acids is 2. The first-order valence-electron chi connectivity index (χ1n) is 5.37. The molecular formula is C10H20N2O4-2. The van der Waals surface area contributed by atoms with Crippen molar-refractivity contribution < 1.29 is 19.8 Å². The van der Waals surface area contributed by atoms with Gasteiger partial charge in [-0.3, -0.25) is 5.84 Å².